The van der Waals surface area contributed by atoms with Crippen LogP contribution < -0.4 is 10.1 Å². The fourth-order valence-electron chi connectivity index (χ4n) is 2.97. The van der Waals surface area contributed by atoms with Gasteiger partial charge in [-0.3, -0.25) is 4.79 Å². The van der Waals surface area contributed by atoms with E-state index in [4.69, 9.17) is 14.7 Å². The normalized spacial score (nSPS) is 25.1. The minimum absolute atomic E-state index is 0.00641. The number of benzene rings is 1. The summed E-state index contributed by atoms with van der Waals surface area (Å²) in [6.07, 6.45) is 1.15. The highest BCUT2D eigenvalue weighted by molar-refractivity contribution is 5.79. The highest BCUT2D eigenvalue weighted by Crippen LogP contribution is 2.51. The molecule has 0 aromatic heterocycles. The summed E-state index contributed by atoms with van der Waals surface area (Å²) in [5.74, 6) is 0.638. The zero-order chi connectivity index (χ0) is 17.1. The van der Waals surface area contributed by atoms with Crippen LogP contribution >= 0.6 is 0 Å². The van der Waals surface area contributed by atoms with E-state index in [1.165, 1.54) is 0 Å². The van der Waals surface area contributed by atoms with Gasteiger partial charge in [-0.2, -0.15) is 5.26 Å². The summed E-state index contributed by atoms with van der Waals surface area (Å²) >= 11 is 0. The number of hydrogen-bond donors (Lipinski definition) is 1. The van der Waals surface area contributed by atoms with Crippen molar-refractivity contribution in [2.75, 3.05) is 13.7 Å². The van der Waals surface area contributed by atoms with Crippen LogP contribution in [0.3, 0.4) is 0 Å². The average molecular weight is 316 g/mol. The third-order valence-corrected chi connectivity index (χ3v) is 5.20. The Morgan fingerprint density at radius 1 is 1.35 bits per heavy atom. The summed E-state index contributed by atoms with van der Waals surface area (Å²) in [5, 5.41) is 11.6. The molecule has 0 spiro atoms. The van der Waals surface area contributed by atoms with E-state index < -0.39 is 0 Å². The number of rotatable bonds is 6. The first kappa shape index (κ1) is 17.3. The van der Waals surface area contributed by atoms with Crippen molar-refractivity contribution in [1.82, 2.24) is 5.32 Å². The van der Waals surface area contributed by atoms with E-state index in [-0.39, 0.29) is 29.6 Å². The Morgan fingerprint density at radius 2 is 2.00 bits per heavy atom. The van der Waals surface area contributed by atoms with Crippen molar-refractivity contribution < 1.29 is 14.3 Å². The first-order valence-corrected chi connectivity index (χ1v) is 7.75. The van der Waals surface area contributed by atoms with Crippen LogP contribution in [0.1, 0.15) is 32.8 Å². The Labute approximate surface area is 137 Å². The largest absolute Gasteiger partial charge is 0.479 e. The van der Waals surface area contributed by atoms with Crippen LogP contribution in [0.4, 0.5) is 0 Å². The molecule has 23 heavy (non-hydrogen) atoms. The number of hydrogen-bond acceptors (Lipinski definition) is 4. The molecule has 1 aromatic rings. The van der Waals surface area contributed by atoms with Gasteiger partial charge < -0.3 is 14.8 Å². The molecule has 1 aliphatic carbocycles. The van der Waals surface area contributed by atoms with Gasteiger partial charge in [-0.05, 0) is 31.0 Å². The molecule has 2 atom stereocenters. The second-order valence-electron chi connectivity index (χ2n) is 6.75. The van der Waals surface area contributed by atoms with Gasteiger partial charge in [0.05, 0.1) is 12.0 Å². The number of carbonyl (C=O) groups excluding carboxylic acids is 1. The molecule has 5 nitrogen and oxygen atoms in total. The maximum Gasteiger partial charge on any atom is 0.224 e. The summed E-state index contributed by atoms with van der Waals surface area (Å²) in [5.41, 5.74) is 0.635. The number of ether oxygens (including phenoxy) is 2. The number of methoxy groups -OCH3 is 1. The molecule has 1 N–H and O–H groups in total. The van der Waals surface area contributed by atoms with Gasteiger partial charge in [0, 0.05) is 18.6 Å². The number of nitrogens with one attached hydrogen (secondary N) is 1. The second kappa shape index (κ2) is 6.59. The lowest BCUT2D eigenvalue weighted by Gasteiger charge is -2.59. The Balaban J connectivity index is 1.87. The van der Waals surface area contributed by atoms with Gasteiger partial charge in [0.15, 0.2) is 6.61 Å². The SMILES string of the molecule is CO[C@@]1(C)C[C@H](NC(=O)Cc2ccc(OCC#N)cc2)C1(C)C. The quantitative estimate of drug-likeness (QED) is 0.875. The monoisotopic (exact) mass is 316 g/mol. The van der Waals surface area contributed by atoms with E-state index in [0.717, 1.165) is 12.0 Å². The number of amides is 1. The van der Waals surface area contributed by atoms with Crippen LogP contribution in [0.25, 0.3) is 0 Å². The molecule has 0 heterocycles. The molecule has 5 heteroatoms. The predicted octanol–water partition coefficient (Wildman–Crippen LogP) is 2.45. The van der Waals surface area contributed by atoms with Gasteiger partial charge in [-0.25, -0.2) is 0 Å². The fraction of sp³-hybridized carbons (Fsp3) is 0.556. The molecule has 1 saturated carbocycles. The first-order chi connectivity index (χ1) is 10.8. The van der Waals surface area contributed by atoms with Gasteiger partial charge in [0.2, 0.25) is 5.91 Å². The van der Waals surface area contributed by atoms with E-state index in [2.05, 4.69) is 26.1 Å². The number of nitriles is 1. The van der Waals surface area contributed by atoms with Crippen molar-refractivity contribution in [1.29, 1.82) is 5.26 Å². The summed E-state index contributed by atoms with van der Waals surface area (Å²) in [6.45, 7) is 6.34. The average Bonchev–Trinajstić information content (AvgIpc) is 2.53. The van der Waals surface area contributed by atoms with Crippen molar-refractivity contribution in [3.63, 3.8) is 0 Å². The second-order valence-corrected chi connectivity index (χ2v) is 6.75. The zero-order valence-electron chi connectivity index (χ0n) is 14.2. The molecule has 0 radical (unpaired) electrons. The van der Waals surface area contributed by atoms with Gasteiger partial charge in [0.25, 0.3) is 0 Å². The van der Waals surface area contributed by atoms with Crippen molar-refractivity contribution >= 4 is 5.91 Å². The van der Waals surface area contributed by atoms with Crippen molar-refractivity contribution in [3.05, 3.63) is 29.8 Å². The summed E-state index contributed by atoms with van der Waals surface area (Å²) < 4.78 is 10.8. The minimum atomic E-state index is -0.190. The standard InChI is InChI=1S/C18H24N2O3/c1-17(2)15(12-18(17,3)22-4)20-16(21)11-13-5-7-14(8-6-13)23-10-9-19/h5-8,15H,10-12H2,1-4H3,(H,20,21)/t15-,18-/m0/s1. The first-order valence-electron chi connectivity index (χ1n) is 7.75. The van der Waals surface area contributed by atoms with E-state index in [0.29, 0.717) is 12.2 Å². The number of carbonyl (C=O) groups is 1. The third-order valence-electron chi connectivity index (χ3n) is 5.20. The zero-order valence-corrected chi connectivity index (χ0v) is 14.2. The van der Waals surface area contributed by atoms with E-state index in [9.17, 15) is 4.79 Å². The summed E-state index contributed by atoms with van der Waals surface area (Å²) in [6, 6.07) is 9.28. The van der Waals surface area contributed by atoms with E-state index in [1.54, 1.807) is 19.2 Å². The van der Waals surface area contributed by atoms with Crippen LogP contribution in [-0.4, -0.2) is 31.3 Å². The Kier molecular flexibility index (Phi) is 4.96. The van der Waals surface area contributed by atoms with Crippen LogP contribution in [0.15, 0.2) is 24.3 Å². The van der Waals surface area contributed by atoms with Crippen LogP contribution in [0.2, 0.25) is 0 Å². The smallest absolute Gasteiger partial charge is 0.224 e. The van der Waals surface area contributed by atoms with Gasteiger partial charge >= 0.3 is 0 Å². The predicted molar refractivity (Wildman–Crippen MR) is 87.0 cm³/mol. The molecule has 0 bridgehead atoms. The minimum Gasteiger partial charge on any atom is -0.479 e. The molecule has 1 aromatic carbocycles. The van der Waals surface area contributed by atoms with E-state index >= 15 is 0 Å². The summed E-state index contributed by atoms with van der Waals surface area (Å²) in [4.78, 5) is 12.2. The molecule has 0 saturated heterocycles. The van der Waals surface area contributed by atoms with Crippen molar-refractivity contribution in [2.24, 2.45) is 5.41 Å². The van der Waals surface area contributed by atoms with Gasteiger partial charge in [-0.15, -0.1) is 0 Å². The lowest BCUT2D eigenvalue weighted by atomic mass is 9.56. The van der Waals surface area contributed by atoms with Crippen LogP contribution in [0, 0.1) is 16.7 Å². The molecule has 124 valence electrons. The van der Waals surface area contributed by atoms with Crippen LogP contribution in [-0.2, 0) is 16.0 Å². The van der Waals surface area contributed by atoms with Gasteiger partial charge in [-0.1, -0.05) is 26.0 Å². The summed E-state index contributed by atoms with van der Waals surface area (Å²) in [7, 11) is 1.72. The molecule has 2 rings (SSSR count). The number of nitrogens with zero attached hydrogens (tertiary/aromatic N) is 1. The Morgan fingerprint density at radius 3 is 2.52 bits per heavy atom. The molecular formula is C18H24N2O3. The topological polar surface area (TPSA) is 71.3 Å². The molecule has 1 aliphatic rings. The molecule has 0 unspecified atom stereocenters. The molecular weight excluding hydrogens is 292 g/mol. The molecule has 1 amide bonds. The molecule has 0 aliphatic heterocycles. The highest BCUT2D eigenvalue weighted by Gasteiger charge is 2.58. The lowest BCUT2D eigenvalue weighted by Crippen LogP contribution is -2.68. The highest BCUT2D eigenvalue weighted by atomic mass is 16.5. The third kappa shape index (κ3) is 3.48. The van der Waals surface area contributed by atoms with E-state index in [1.807, 2.05) is 18.2 Å². The Hall–Kier alpha value is -2.06. The maximum atomic E-state index is 12.2. The lowest BCUT2D eigenvalue weighted by molar-refractivity contribution is -0.182. The van der Waals surface area contributed by atoms with Crippen LogP contribution in [0.5, 0.6) is 5.75 Å². The maximum absolute atomic E-state index is 12.2. The fourth-order valence-corrected chi connectivity index (χ4v) is 2.97. The Bertz CT molecular complexity index is 604. The van der Waals surface area contributed by atoms with Crippen molar-refractivity contribution in [2.45, 2.75) is 45.3 Å². The molecule has 1 fully saturated rings. The van der Waals surface area contributed by atoms with Crippen molar-refractivity contribution in [3.8, 4) is 11.8 Å². The van der Waals surface area contributed by atoms with Gasteiger partial charge in [0.1, 0.15) is 11.8 Å².